The maximum Gasteiger partial charge on any atom is 0.387 e. The minimum Gasteiger partial charge on any atom is -0.434 e. The van der Waals surface area contributed by atoms with E-state index in [0.717, 1.165) is 6.61 Å². The van der Waals surface area contributed by atoms with Crippen molar-refractivity contribution in [2.24, 2.45) is 0 Å². The number of hydrogen-bond acceptors (Lipinski definition) is 2. The van der Waals surface area contributed by atoms with E-state index in [-0.39, 0.29) is 5.75 Å². The van der Waals surface area contributed by atoms with Crippen LogP contribution < -0.4 is 4.74 Å². The molecule has 0 aliphatic heterocycles. The van der Waals surface area contributed by atoms with Crippen LogP contribution in [-0.2, 0) is 0 Å². The Morgan fingerprint density at radius 2 is 2.14 bits per heavy atom. The summed E-state index contributed by atoms with van der Waals surface area (Å²) in [4.78, 5) is 0. The van der Waals surface area contributed by atoms with Crippen molar-refractivity contribution in [2.45, 2.75) is 6.61 Å². The van der Waals surface area contributed by atoms with E-state index < -0.39 is 6.61 Å². The van der Waals surface area contributed by atoms with Crippen molar-refractivity contribution in [1.29, 1.82) is 0 Å². The number of halogens is 2. The van der Waals surface area contributed by atoms with E-state index in [9.17, 15) is 8.78 Å². The molecule has 75 valence electrons. The van der Waals surface area contributed by atoms with Gasteiger partial charge >= 0.3 is 6.61 Å². The van der Waals surface area contributed by atoms with Crippen LogP contribution in [0, 0.1) is 6.61 Å². The van der Waals surface area contributed by atoms with E-state index >= 15 is 0 Å². The van der Waals surface area contributed by atoms with Crippen molar-refractivity contribution in [3.05, 3.63) is 42.5 Å². The van der Waals surface area contributed by atoms with Crippen molar-refractivity contribution in [3.8, 4) is 5.75 Å². The Morgan fingerprint density at radius 3 is 2.64 bits per heavy atom. The van der Waals surface area contributed by atoms with Gasteiger partial charge in [0.2, 0.25) is 0 Å². The Hall–Kier alpha value is -1.42. The molecule has 0 unspecified atom stereocenters. The molecule has 0 heterocycles. The van der Waals surface area contributed by atoms with E-state index in [0.29, 0.717) is 11.1 Å². The van der Waals surface area contributed by atoms with Gasteiger partial charge < -0.3 is 9.84 Å². The molecule has 0 aliphatic carbocycles. The smallest absolute Gasteiger partial charge is 0.387 e. The van der Waals surface area contributed by atoms with Crippen molar-refractivity contribution >= 4 is 6.08 Å². The lowest BCUT2D eigenvalue weighted by Gasteiger charge is -2.10. The van der Waals surface area contributed by atoms with E-state index in [2.05, 4.69) is 11.3 Å². The second kappa shape index (κ2) is 4.72. The number of rotatable bonds is 4. The molecule has 14 heavy (non-hydrogen) atoms. The van der Waals surface area contributed by atoms with Gasteiger partial charge in [-0.1, -0.05) is 24.8 Å². The van der Waals surface area contributed by atoms with Gasteiger partial charge in [0.05, 0.1) is 0 Å². The normalized spacial score (nSPS) is 10.3. The third-order valence-electron chi connectivity index (χ3n) is 1.66. The fourth-order valence-electron chi connectivity index (χ4n) is 1.09. The molecular weight excluding hydrogens is 190 g/mol. The Kier molecular flexibility index (Phi) is 3.59. The number of aliphatic hydroxyl groups is 1. The molecule has 1 aromatic carbocycles. The van der Waals surface area contributed by atoms with E-state index in [1.807, 2.05) is 0 Å². The monoisotopic (exact) mass is 199 g/mol. The zero-order chi connectivity index (χ0) is 10.6. The number of ether oxygens (including phenoxy) is 1. The van der Waals surface area contributed by atoms with E-state index in [4.69, 9.17) is 5.11 Å². The van der Waals surface area contributed by atoms with Crippen LogP contribution in [0.4, 0.5) is 8.78 Å². The fourth-order valence-corrected chi connectivity index (χ4v) is 1.09. The summed E-state index contributed by atoms with van der Waals surface area (Å²) in [5.41, 5.74) is 0.730. The summed E-state index contributed by atoms with van der Waals surface area (Å²) in [7, 11) is 0. The molecule has 0 amide bonds. The van der Waals surface area contributed by atoms with Gasteiger partial charge in [-0.05, 0) is 11.6 Å². The number of aliphatic hydroxyl groups excluding tert-OH is 1. The molecule has 2 nitrogen and oxygen atoms in total. The molecule has 4 heteroatoms. The highest BCUT2D eigenvalue weighted by Crippen LogP contribution is 2.25. The summed E-state index contributed by atoms with van der Waals surface area (Å²) in [6, 6.07) is 4.46. The maximum absolute atomic E-state index is 11.9. The summed E-state index contributed by atoms with van der Waals surface area (Å²) in [5, 5.41) is 8.79. The lowest BCUT2D eigenvalue weighted by atomic mass is 10.1. The number of benzene rings is 1. The van der Waals surface area contributed by atoms with Crippen LogP contribution in [0.25, 0.3) is 6.08 Å². The molecule has 0 atom stereocenters. The predicted octanol–water partition coefficient (Wildman–Crippen LogP) is 2.81. The van der Waals surface area contributed by atoms with Crippen LogP contribution in [0.3, 0.4) is 0 Å². The standard InChI is InChI=1S/C10H9F2O2/c1-2-8-7(6-13)4-3-5-9(8)14-10(11)12/h2-6,10,13H,1H2. The predicted molar refractivity (Wildman–Crippen MR) is 48.5 cm³/mol. The van der Waals surface area contributed by atoms with Crippen LogP contribution in [-0.4, -0.2) is 11.7 Å². The minimum absolute atomic E-state index is 0.00204. The zero-order valence-corrected chi connectivity index (χ0v) is 7.28. The average molecular weight is 199 g/mol. The molecular formula is C10H9F2O2. The molecule has 0 spiro atoms. The molecule has 0 saturated carbocycles. The van der Waals surface area contributed by atoms with Crippen LogP contribution in [0.1, 0.15) is 11.1 Å². The summed E-state index contributed by atoms with van der Waals surface area (Å²) < 4.78 is 28.1. The molecule has 0 aromatic heterocycles. The zero-order valence-electron chi connectivity index (χ0n) is 7.28. The average Bonchev–Trinajstić information content (AvgIpc) is 2.16. The Morgan fingerprint density at radius 1 is 1.43 bits per heavy atom. The minimum atomic E-state index is -2.89. The molecule has 0 fully saturated rings. The van der Waals surface area contributed by atoms with Gasteiger partial charge in [-0.3, -0.25) is 0 Å². The Labute approximate surface area is 80.4 Å². The van der Waals surface area contributed by atoms with Crippen molar-refractivity contribution in [1.82, 2.24) is 0 Å². The first kappa shape index (κ1) is 10.7. The molecule has 0 aliphatic rings. The first-order chi connectivity index (χ1) is 6.69. The van der Waals surface area contributed by atoms with Gasteiger partial charge in [-0.2, -0.15) is 8.78 Å². The molecule has 1 radical (unpaired) electrons. The first-order valence-corrected chi connectivity index (χ1v) is 3.86. The van der Waals surface area contributed by atoms with Crippen molar-refractivity contribution < 1.29 is 18.6 Å². The second-order valence-corrected chi connectivity index (χ2v) is 2.47. The summed E-state index contributed by atoms with van der Waals surface area (Å²) >= 11 is 0. The highest BCUT2D eigenvalue weighted by Gasteiger charge is 2.10. The van der Waals surface area contributed by atoms with Crippen LogP contribution >= 0.6 is 0 Å². The number of hydrogen-bond donors (Lipinski definition) is 1. The second-order valence-electron chi connectivity index (χ2n) is 2.47. The van der Waals surface area contributed by atoms with Gasteiger partial charge in [-0.25, -0.2) is 0 Å². The Bertz CT molecular complexity index is 324. The molecule has 1 N–H and O–H groups in total. The highest BCUT2D eigenvalue weighted by molar-refractivity contribution is 5.61. The van der Waals surface area contributed by atoms with E-state index in [1.165, 1.54) is 18.2 Å². The van der Waals surface area contributed by atoms with Crippen molar-refractivity contribution in [3.63, 3.8) is 0 Å². The van der Waals surface area contributed by atoms with Crippen molar-refractivity contribution in [2.75, 3.05) is 0 Å². The quantitative estimate of drug-likeness (QED) is 0.807. The van der Waals surface area contributed by atoms with Crippen LogP contribution in [0.15, 0.2) is 24.8 Å². The third-order valence-corrected chi connectivity index (χ3v) is 1.66. The highest BCUT2D eigenvalue weighted by atomic mass is 19.3. The molecule has 0 saturated heterocycles. The van der Waals surface area contributed by atoms with Gasteiger partial charge in [0, 0.05) is 5.56 Å². The summed E-state index contributed by atoms with van der Waals surface area (Å²) in [5.74, 6) is -0.00204. The first-order valence-electron chi connectivity index (χ1n) is 3.86. The summed E-state index contributed by atoms with van der Waals surface area (Å²) in [6.45, 7) is 1.38. The third kappa shape index (κ3) is 2.29. The van der Waals surface area contributed by atoms with Gasteiger partial charge in [0.15, 0.2) is 0 Å². The van der Waals surface area contributed by atoms with E-state index in [1.54, 1.807) is 6.07 Å². The van der Waals surface area contributed by atoms with Crippen LogP contribution in [0.2, 0.25) is 0 Å². The SMILES string of the molecule is C=Cc1c([CH]O)cccc1OC(F)F. The lowest BCUT2D eigenvalue weighted by Crippen LogP contribution is -2.04. The van der Waals surface area contributed by atoms with Gasteiger partial charge in [-0.15, -0.1) is 0 Å². The molecule has 1 aromatic rings. The van der Waals surface area contributed by atoms with Gasteiger partial charge in [0.1, 0.15) is 12.4 Å². The molecule has 1 rings (SSSR count). The topological polar surface area (TPSA) is 29.5 Å². The van der Waals surface area contributed by atoms with Gasteiger partial charge in [0.25, 0.3) is 0 Å². The fraction of sp³-hybridized carbons (Fsp3) is 0.100. The number of alkyl halides is 2. The largest absolute Gasteiger partial charge is 0.434 e. The lowest BCUT2D eigenvalue weighted by molar-refractivity contribution is -0.0500. The summed E-state index contributed by atoms with van der Waals surface area (Å²) in [6.07, 6.45) is 1.35. The Balaban J connectivity index is 3.08. The molecule has 0 bridgehead atoms. The van der Waals surface area contributed by atoms with Crippen LogP contribution in [0.5, 0.6) is 5.75 Å². The maximum atomic E-state index is 11.9.